The second-order valence-corrected chi connectivity index (χ2v) is 6.63. The van der Waals surface area contributed by atoms with Gasteiger partial charge in [-0.3, -0.25) is 0 Å². The van der Waals surface area contributed by atoms with Crippen molar-refractivity contribution in [3.63, 3.8) is 0 Å². The van der Waals surface area contributed by atoms with E-state index in [-0.39, 0.29) is 0 Å². The van der Waals surface area contributed by atoms with Crippen LogP contribution in [0, 0.1) is 0 Å². The number of morpholine rings is 1. The van der Waals surface area contributed by atoms with Crippen LogP contribution in [0.4, 0.5) is 5.69 Å². The minimum atomic E-state index is 0.649. The SMILES string of the molecule is Brc1cccc(OCCNCc2ccccc2N2CCOCC2)c1. The van der Waals surface area contributed by atoms with Gasteiger partial charge in [0.1, 0.15) is 12.4 Å². The summed E-state index contributed by atoms with van der Waals surface area (Å²) in [5, 5.41) is 3.47. The lowest BCUT2D eigenvalue weighted by Crippen LogP contribution is -2.37. The summed E-state index contributed by atoms with van der Waals surface area (Å²) in [5.41, 5.74) is 2.63. The van der Waals surface area contributed by atoms with Crippen molar-refractivity contribution in [3.05, 3.63) is 58.6 Å². The first-order valence-corrected chi connectivity index (χ1v) is 9.12. The molecule has 5 heteroatoms. The van der Waals surface area contributed by atoms with Crippen molar-refractivity contribution in [1.29, 1.82) is 0 Å². The number of anilines is 1. The van der Waals surface area contributed by atoms with E-state index in [1.807, 2.05) is 24.3 Å². The molecule has 2 aromatic rings. The van der Waals surface area contributed by atoms with Crippen LogP contribution in [-0.2, 0) is 11.3 Å². The largest absolute Gasteiger partial charge is 0.492 e. The van der Waals surface area contributed by atoms with Gasteiger partial charge in [0.2, 0.25) is 0 Å². The van der Waals surface area contributed by atoms with Gasteiger partial charge in [-0.05, 0) is 29.8 Å². The van der Waals surface area contributed by atoms with Gasteiger partial charge in [0.05, 0.1) is 13.2 Å². The molecule has 0 amide bonds. The average molecular weight is 391 g/mol. The Labute approximate surface area is 151 Å². The summed E-state index contributed by atoms with van der Waals surface area (Å²) in [6.07, 6.45) is 0. The van der Waals surface area contributed by atoms with Gasteiger partial charge in [0.15, 0.2) is 0 Å². The lowest BCUT2D eigenvalue weighted by atomic mass is 10.1. The minimum Gasteiger partial charge on any atom is -0.492 e. The maximum absolute atomic E-state index is 5.75. The summed E-state index contributed by atoms with van der Waals surface area (Å²) >= 11 is 3.45. The first-order chi connectivity index (χ1) is 11.8. The van der Waals surface area contributed by atoms with Crippen molar-refractivity contribution in [1.82, 2.24) is 5.32 Å². The zero-order valence-corrected chi connectivity index (χ0v) is 15.3. The fourth-order valence-corrected chi connectivity index (χ4v) is 3.17. The number of rotatable bonds is 7. The molecule has 2 aromatic carbocycles. The highest BCUT2D eigenvalue weighted by Crippen LogP contribution is 2.21. The first-order valence-electron chi connectivity index (χ1n) is 8.32. The maximum atomic E-state index is 5.75. The van der Waals surface area contributed by atoms with Crippen molar-refractivity contribution in [3.8, 4) is 5.75 Å². The number of para-hydroxylation sites is 1. The molecule has 1 saturated heterocycles. The molecule has 0 spiro atoms. The number of hydrogen-bond donors (Lipinski definition) is 1. The summed E-state index contributed by atoms with van der Waals surface area (Å²) in [5.74, 6) is 0.889. The molecule has 0 radical (unpaired) electrons. The quantitative estimate of drug-likeness (QED) is 0.734. The van der Waals surface area contributed by atoms with Crippen LogP contribution in [-0.4, -0.2) is 39.5 Å². The van der Waals surface area contributed by atoms with Gasteiger partial charge in [-0.1, -0.05) is 40.2 Å². The Morgan fingerprint density at radius 1 is 1.08 bits per heavy atom. The van der Waals surface area contributed by atoms with Gasteiger partial charge in [0, 0.05) is 36.3 Å². The van der Waals surface area contributed by atoms with E-state index in [4.69, 9.17) is 9.47 Å². The van der Waals surface area contributed by atoms with E-state index in [0.29, 0.717) is 6.61 Å². The summed E-state index contributed by atoms with van der Waals surface area (Å²) < 4.78 is 12.2. The molecule has 1 fully saturated rings. The summed E-state index contributed by atoms with van der Waals surface area (Å²) in [6.45, 7) is 5.84. The molecule has 0 atom stereocenters. The van der Waals surface area contributed by atoms with E-state index < -0.39 is 0 Å². The van der Waals surface area contributed by atoms with Gasteiger partial charge in [-0.15, -0.1) is 0 Å². The zero-order valence-electron chi connectivity index (χ0n) is 13.7. The number of halogens is 1. The standard InChI is InChI=1S/C19H23BrN2O2/c20-17-5-3-6-18(14-17)24-11-8-21-15-16-4-1-2-7-19(16)22-9-12-23-13-10-22/h1-7,14,21H,8-13,15H2. The number of hydrogen-bond acceptors (Lipinski definition) is 4. The fraction of sp³-hybridized carbons (Fsp3) is 0.368. The second kappa shape index (κ2) is 9.06. The highest BCUT2D eigenvalue weighted by molar-refractivity contribution is 9.10. The number of nitrogens with one attached hydrogen (secondary N) is 1. The molecule has 4 nitrogen and oxygen atoms in total. The Morgan fingerprint density at radius 2 is 1.92 bits per heavy atom. The van der Waals surface area contributed by atoms with Gasteiger partial charge >= 0.3 is 0 Å². The van der Waals surface area contributed by atoms with E-state index in [9.17, 15) is 0 Å². The molecule has 3 rings (SSSR count). The Morgan fingerprint density at radius 3 is 2.75 bits per heavy atom. The van der Waals surface area contributed by atoms with Crippen molar-refractivity contribution < 1.29 is 9.47 Å². The molecule has 0 aliphatic carbocycles. The van der Waals surface area contributed by atoms with Crippen LogP contribution in [0.25, 0.3) is 0 Å². The van der Waals surface area contributed by atoms with Crippen LogP contribution in [0.15, 0.2) is 53.0 Å². The number of nitrogens with zero attached hydrogens (tertiary/aromatic N) is 1. The van der Waals surface area contributed by atoms with Crippen LogP contribution < -0.4 is 15.0 Å². The Hall–Kier alpha value is -1.56. The summed E-state index contributed by atoms with van der Waals surface area (Å²) in [4.78, 5) is 2.40. The molecule has 0 unspecified atom stereocenters. The average Bonchev–Trinajstić information content (AvgIpc) is 2.63. The highest BCUT2D eigenvalue weighted by Gasteiger charge is 2.13. The van der Waals surface area contributed by atoms with Crippen molar-refractivity contribution in [2.75, 3.05) is 44.4 Å². The molecule has 1 N–H and O–H groups in total. The van der Waals surface area contributed by atoms with Crippen LogP contribution in [0.3, 0.4) is 0 Å². The summed E-state index contributed by atoms with van der Waals surface area (Å²) in [7, 11) is 0. The molecule has 128 valence electrons. The molecule has 0 saturated carbocycles. The predicted octanol–water partition coefficient (Wildman–Crippen LogP) is 3.45. The van der Waals surface area contributed by atoms with Gasteiger partial charge < -0.3 is 19.7 Å². The second-order valence-electron chi connectivity index (χ2n) is 5.71. The number of ether oxygens (including phenoxy) is 2. The normalized spacial score (nSPS) is 14.6. The maximum Gasteiger partial charge on any atom is 0.120 e. The predicted molar refractivity (Wildman–Crippen MR) is 101 cm³/mol. The van der Waals surface area contributed by atoms with Crippen molar-refractivity contribution in [2.45, 2.75) is 6.54 Å². The van der Waals surface area contributed by atoms with Crippen LogP contribution in [0.2, 0.25) is 0 Å². The van der Waals surface area contributed by atoms with Crippen LogP contribution >= 0.6 is 15.9 Å². The summed E-state index contributed by atoms with van der Waals surface area (Å²) in [6, 6.07) is 16.5. The Bertz CT molecular complexity index is 645. The zero-order chi connectivity index (χ0) is 16.6. The lowest BCUT2D eigenvalue weighted by molar-refractivity contribution is 0.122. The molecular weight excluding hydrogens is 368 g/mol. The Kier molecular flexibility index (Phi) is 6.52. The van der Waals surface area contributed by atoms with E-state index in [0.717, 1.165) is 49.6 Å². The topological polar surface area (TPSA) is 33.7 Å². The highest BCUT2D eigenvalue weighted by atomic mass is 79.9. The van der Waals surface area contributed by atoms with Gasteiger partial charge in [-0.25, -0.2) is 0 Å². The molecule has 0 aromatic heterocycles. The lowest BCUT2D eigenvalue weighted by Gasteiger charge is -2.30. The number of benzene rings is 2. The third-order valence-electron chi connectivity index (χ3n) is 4.00. The monoisotopic (exact) mass is 390 g/mol. The Balaban J connectivity index is 1.46. The molecule has 1 heterocycles. The third-order valence-corrected chi connectivity index (χ3v) is 4.50. The van der Waals surface area contributed by atoms with Crippen LogP contribution in [0.1, 0.15) is 5.56 Å². The van der Waals surface area contributed by atoms with Crippen molar-refractivity contribution in [2.24, 2.45) is 0 Å². The van der Waals surface area contributed by atoms with E-state index in [2.05, 4.69) is 50.4 Å². The fourth-order valence-electron chi connectivity index (χ4n) is 2.79. The first kappa shape index (κ1) is 17.3. The molecule has 24 heavy (non-hydrogen) atoms. The molecular formula is C19H23BrN2O2. The molecule has 1 aliphatic rings. The smallest absolute Gasteiger partial charge is 0.120 e. The van der Waals surface area contributed by atoms with Crippen molar-refractivity contribution >= 4 is 21.6 Å². The third kappa shape index (κ3) is 4.97. The molecule has 1 aliphatic heterocycles. The van der Waals surface area contributed by atoms with E-state index >= 15 is 0 Å². The van der Waals surface area contributed by atoms with E-state index in [1.165, 1.54) is 11.3 Å². The van der Waals surface area contributed by atoms with Crippen LogP contribution in [0.5, 0.6) is 5.75 Å². The van der Waals surface area contributed by atoms with Gasteiger partial charge in [-0.2, -0.15) is 0 Å². The van der Waals surface area contributed by atoms with E-state index in [1.54, 1.807) is 0 Å². The van der Waals surface area contributed by atoms with Gasteiger partial charge in [0.25, 0.3) is 0 Å². The minimum absolute atomic E-state index is 0.649. The molecule has 0 bridgehead atoms.